The third-order valence-electron chi connectivity index (χ3n) is 0.397. The maximum atomic E-state index is 9.67. The van der Waals surface area contributed by atoms with Gasteiger partial charge in [0.1, 0.15) is 0 Å². The van der Waals surface area contributed by atoms with Gasteiger partial charge >= 0.3 is 0 Å². The van der Waals surface area contributed by atoms with Gasteiger partial charge < -0.3 is 10.4 Å². The van der Waals surface area contributed by atoms with Crippen molar-refractivity contribution in [2.24, 2.45) is 0 Å². The predicted octanol–water partition coefficient (Wildman–Crippen LogP) is -0.281. The second kappa shape index (κ2) is 1.59. The Morgan fingerprint density at radius 2 is 1.17 bits per heavy atom. The Morgan fingerprint density at radius 1 is 1.00 bits per heavy atom. The van der Waals surface area contributed by atoms with Crippen molar-refractivity contribution in [1.82, 2.24) is 0 Å². The zero-order valence-electron chi connectivity index (χ0n) is 3.71. The van der Waals surface area contributed by atoms with Crippen LogP contribution in [-0.4, -0.2) is 23.8 Å². The number of hydroxylamine groups is 2. The summed E-state index contributed by atoms with van der Waals surface area (Å²) in [5, 5.41) is 19.3. The van der Waals surface area contributed by atoms with Gasteiger partial charge in [0.2, 0.25) is 14.1 Å². The highest BCUT2D eigenvalue weighted by Gasteiger charge is 1.80. The first-order chi connectivity index (χ1) is 2.64. The molecule has 0 unspecified atom stereocenters. The van der Waals surface area contributed by atoms with E-state index in [-0.39, 0.29) is 9.72 Å². The maximum absolute atomic E-state index is 9.67. The molecule has 0 aliphatic carbocycles. The molecule has 36 valence electrons. The van der Waals surface area contributed by atoms with Crippen molar-refractivity contribution >= 4 is 0 Å². The van der Waals surface area contributed by atoms with Crippen LogP contribution in [0, 0.1) is 10.4 Å². The topological polar surface area (TPSA) is 52.1 Å². The minimum Gasteiger partial charge on any atom is -0.567 e. The van der Waals surface area contributed by atoms with E-state index in [1.807, 2.05) is 0 Å². The lowest BCUT2D eigenvalue weighted by molar-refractivity contribution is -0.948. The standard InChI is InChI=1S/C2H6N2O2/c1-3(5)4(2)6/h1-2H3/b4-3-. The van der Waals surface area contributed by atoms with E-state index in [1.54, 1.807) is 0 Å². The Labute approximate surface area is 35.5 Å². The van der Waals surface area contributed by atoms with Crippen LogP contribution in [0.25, 0.3) is 0 Å². The zero-order chi connectivity index (χ0) is 5.15. The third-order valence-corrected chi connectivity index (χ3v) is 0.397. The summed E-state index contributed by atoms with van der Waals surface area (Å²) in [6.45, 7) is 0. The monoisotopic (exact) mass is 90.0 g/mol. The number of nitrogens with zero attached hydrogens (tertiary/aromatic N) is 2. The minimum atomic E-state index is 0.194. The van der Waals surface area contributed by atoms with E-state index in [4.69, 9.17) is 0 Å². The van der Waals surface area contributed by atoms with Crippen molar-refractivity contribution in [3.8, 4) is 0 Å². The lowest BCUT2D eigenvalue weighted by Gasteiger charge is -1.90. The molecule has 0 spiro atoms. The summed E-state index contributed by atoms with van der Waals surface area (Å²) in [6, 6.07) is 0. The Hall–Kier alpha value is -0.800. The molecule has 0 saturated heterocycles. The summed E-state index contributed by atoms with van der Waals surface area (Å²) in [6.07, 6.45) is 0. The first-order valence-electron chi connectivity index (χ1n) is 1.46. The van der Waals surface area contributed by atoms with Gasteiger partial charge in [-0.2, -0.15) is 0 Å². The quantitative estimate of drug-likeness (QED) is 0.233. The molecule has 0 heterocycles. The van der Waals surface area contributed by atoms with Crippen molar-refractivity contribution < 1.29 is 9.72 Å². The average Bonchev–Trinajstić information content (AvgIpc) is 1.36. The lowest BCUT2D eigenvalue weighted by atomic mass is 11.4. The van der Waals surface area contributed by atoms with Gasteiger partial charge in [-0.05, 0) is 0 Å². The summed E-state index contributed by atoms with van der Waals surface area (Å²) in [5.41, 5.74) is 0. The highest BCUT2D eigenvalue weighted by atomic mass is 16.6. The Balaban J connectivity index is 3.68. The van der Waals surface area contributed by atoms with Crippen LogP contribution in [0.4, 0.5) is 0 Å². The molecule has 0 N–H and O–H groups in total. The minimum absolute atomic E-state index is 0.194. The van der Waals surface area contributed by atoms with Crippen LogP contribution in [0.1, 0.15) is 0 Å². The fourth-order valence-corrected chi connectivity index (χ4v) is 0. The molecule has 0 aromatic heterocycles. The van der Waals surface area contributed by atoms with Gasteiger partial charge in [-0.1, -0.05) is 0 Å². The van der Waals surface area contributed by atoms with Gasteiger partial charge in [0.05, 0.1) is 0 Å². The molecule has 0 amide bonds. The van der Waals surface area contributed by atoms with E-state index >= 15 is 0 Å². The molecule has 0 atom stereocenters. The maximum Gasteiger partial charge on any atom is 0.210 e. The van der Waals surface area contributed by atoms with Crippen LogP contribution in [0.15, 0.2) is 0 Å². The Bertz CT molecular complexity index is 59.6. The fourth-order valence-electron chi connectivity index (χ4n) is 0. The zero-order valence-corrected chi connectivity index (χ0v) is 3.71. The molecule has 0 rings (SSSR count). The highest BCUT2D eigenvalue weighted by Crippen LogP contribution is 1.58. The van der Waals surface area contributed by atoms with Crippen LogP contribution in [-0.2, 0) is 0 Å². The van der Waals surface area contributed by atoms with E-state index in [9.17, 15) is 10.4 Å². The summed E-state index contributed by atoms with van der Waals surface area (Å²) < 4.78 is 0. The molecule has 4 nitrogen and oxygen atoms in total. The van der Waals surface area contributed by atoms with E-state index in [2.05, 4.69) is 0 Å². The van der Waals surface area contributed by atoms with Gasteiger partial charge in [-0.3, -0.25) is 0 Å². The van der Waals surface area contributed by atoms with Crippen LogP contribution in [0.3, 0.4) is 0 Å². The van der Waals surface area contributed by atoms with Gasteiger partial charge in [0.25, 0.3) is 0 Å². The third kappa shape index (κ3) is 1.51. The van der Waals surface area contributed by atoms with Crippen LogP contribution >= 0.6 is 0 Å². The summed E-state index contributed by atoms with van der Waals surface area (Å²) in [7, 11) is 2.26. The van der Waals surface area contributed by atoms with Gasteiger partial charge in [-0.25, -0.2) is 0 Å². The van der Waals surface area contributed by atoms with Crippen LogP contribution in [0.5, 0.6) is 0 Å². The molecular weight excluding hydrogens is 84.0 g/mol. The second-order valence-electron chi connectivity index (χ2n) is 0.928. The lowest BCUT2D eigenvalue weighted by Crippen LogP contribution is -2.06. The molecule has 0 aliphatic heterocycles. The molecular formula is C2H6N2O2. The highest BCUT2D eigenvalue weighted by molar-refractivity contribution is 3.87. The fraction of sp³-hybridized carbons (Fsp3) is 1.00. The second-order valence-corrected chi connectivity index (χ2v) is 0.928. The molecule has 0 aliphatic rings. The Kier molecular flexibility index (Phi) is 1.38. The predicted molar refractivity (Wildman–Crippen MR) is 19.1 cm³/mol. The van der Waals surface area contributed by atoms with Gasteiger partial charge in [-0.15, -0.1) is 0 Å². The summed E-state index contributed by atoms with van der Waals surface area (Å²) in [5.74, 6) is 0. The number of hydrogen-bond acceptors (Lipinski definition) is 2. The van der Waals surface area contributed by atoms with Crippen LogP contribution < -0.4 is 0 Å². The molecule has 0 saturated carbocycles. The molecule has 6 heavy (non-hydrogen) atoms. The number of hydrogen-bond donors (Lipinski definition) is 0. The summed E-state index contributed by atoms with van der Waals surface area (Å²) in [4.78, 5) is 0.389. The van der Waals surface area contributed by atoms with E-state index < -0.39 is 0 Å². The van der Waals surface area contributed by atoms with Crippen molar-refractivity contribution in [3.05, 3.63) is 10.4 Å². The molecule has 0 aromatic rings. The van der Waals surface area contributed by atoms with E-state index in [0.29, 0.717) is 0 Å². The molecule has 0 aromatic carbocycles. The number of azo groups is 1. The molecule has 0 fully saturated rings. The van der Waals surface area contributed by atoms with Gasteiger partial charge in [0.15, 0.2) is 0 Å². The smallest absolute Gasteiger partial charge is 0.210 e. The number of rotatable bonds is 0. The normalized spacial score (nSPS) is 13.7. The van der Waals surface area contributed by atoms with Crippen molar-refractivity contribution in [3.63, 3.8) is 0 Å². The van der Waals surface area contributed by atoms with Crippen molar-refractivity contribution in [2.45, 2.75) is 0 Å². The SMILES string of the molecule is C/[N+]([O-])=[N+](\C)[O-]. The first kappa shape index (κ1) is 5.20. The van der Waals surface area contributed by atoms with Crippen molar-refractivity contribution in [1.29, 1.82) is 0 Å². The largest absolute Gasteiger partial charge is 0.567 e. The summed E-state index contributed by atoms with van der Waals surface area (Å²) >= 11 is 0. The van der Waals surface area contributed by atoms with Crippen LogP contribution in [0.2, 0.25) is 0 Å². The van der Waals surface area contributed by atoms with Gasteiger partial charge in [0, 0.05) is 9.72 Å². The van der Waals surface area contributed by atoms with Crippen molar-refractivity contribution in [2.75, 3.05) is 14.1 Å². The molecule has 4 heteroatoms. The average molecular weight is 90.1 g/mol. The van der Waals surface area contributed by atoms with E-state index in [1.165, 1.54) is 0 Å². The Morgan fingerprint density at radius 3 is 1.17 bits per heavy atom. The molecule has 0 bridgehead atoms. The molecule has 0 radical (unpaired) electrons. The first-order valence-corrected chi connectivity index (χ1v) is 1.46. The van der Waals surface area contributed by atoms with E-state index in [0.717, 1.165) is 14.1 Å².